The number of rotatable bonds is 7. The number of halogens is 1. The van der Waals surface area contributed by atoms with Gasteiger partial charge in [0.05, 0.1) is 33.0 Å². The number of hydrogen-bond donors (Lipinski definition) is 1. The van der Waals surface area contributed by atoms with Gasteiger partial charge in [0.2, 0.25) is 0 Å². The first-order valence-electron chi connectivity index (χ1n) is 10.3. The number of para-hydroxylation sites is 1. The Morgan fingerprint density at radius 2 is 1.80 bits per heavy atom. The number of carbonyl (C=O) groups excluding carboxylic acids is 1. The highest BCUT2D eigenvalue weighted by Gasteiger charge is 2.15. The van der Waals surface area contributed by atoms with Crippen molar-refractivity contribution in [3.05, 3.63) is 104 Å². The maximum Gasteiger partial charge on any atom is 0.269 e. The maximum absolute atomic E-state index is 13.2. The van der Waals surface area contributed by atoms with Crippen molar-refractivity contribution in [3.63, 3.8) is 0 Å². The molecule has 0 spiro atoms. The molecule has 0 radical (unpaired) electrons. The molecular weight excluding hydrogens is 490 g/mol. The lowest BCUT2D eigenvalue weighted by atomic mass is 10.1. The molecule has 0 saturated heterocycles. The van der Waals surface area contributed by atoms with Crippen LogP contribution < -0.4 is 11.0 Å². The fourth-order valence-corrected chi connectivity index (χ4v) is 4.16. The maximum atomic E-state index is 13.2. The van der Waals surface area contributed by atoms with Crippen molar-refractivity contribution in [1.82, 2.24) is 15.0 Å². The Kier molecular flexibility index (Phi) is 7.23. The fourth-order valence-electron chi connectivity index (χ4n) is 3.22. The van der Waals surface area contributed by atoms with Crippen LogP contribution in [-0.4, -0.2) is 31.8 Å². The van der Waals surface area contributed by atoms with Gasteiger partial charge in [-0.1, -0.05) is 35.5 Å². The van der Waals surface area contributed by atoms with Crippen LogP contribution in [0.1, 0.15) is 12.5 Å². The monoisotopic (exact) mass is 507 g/mol. The Morgan fingerprint density at radius 1 is 1.11 bits per heavy atom. The average Bonchev–Trinajstić information content (AvgIpc) is 2.87. The molecule has 0 bridgehead atoms. The van der Waals surface area contributed by atoms with Crippen molar-refractivity contribution in [2.24, 2.45) is 5.10 Å². The zero-order chi connectivity index (χ0) is 24.9. The van der Waals surface area contributed by atoms with Crippen molar-refractivity contribution in [3.8, 4) is 5.69 Å². The Balaban J connectivity index is 1.54. The number of fused-ring (bicyclic) bond motifs is 1. The highest BCUT2D eigenvalue weighted by molar-refractivity contribution is 7.99. The van der Waals surface area contributed by atoms with Crippen LogP contribution >= 0.6 is 23.4 Å². The second-order valence-electron chi connectivity index (χ2n) is 7.35. The van der Waals surface area contributed by atoms with E-state index in [2.05, 4.69) is 15.5 Å². The van der Waals surface area contributed by atoms with Crippen LogP contribution in [0.2, 0.25) is 5.02 Å². The van der Waals surface area contributed by atoms with Crippen LogP contribution in [0, 0.1) is 10.1 Å². The largest absolute Gasteiger partial charge is 0.272 e. The molecule has 0 saturated carbocycles. The molecule has 1 aromatic heterocycles. The van der Waals surface area contributed by atoms with E-state index in [1.807, 2.05) is 0 Å². The van der Waals surface area contributed by atoms with Gasteiger partial charge in [0, 0.05) is 17.2 Å². The number of hydrogen-bond acceptors (Lipinski definition) is 7. The van der Waals surface area contributed by atoms with E-state index in [4.69, 9.17) is 11.6 Å². The molecule has 0 aliphatic rings. The highest BCUT2D eigenvalue weighted by Crippen LogP contribution is 2.22. The van der Waals surface area contributed by atoms with Gasteiger partial charge in [-0.25, -0.2) is 10.4 Å². The summed E-state index contributed by atoms with van der Waals surface area (Å²) in [5.41, 5.74) is 4.41. The normalized spacial score (nSPS) is 11.4. The van der Waals surface area contributed by atoms with Gasteiger partial charge in [-0.15, -0.1) is 0 Å². The SMILES string of the molecule is C/C(=N/NC(=O)CSc1nc2ccccc2c(=O)n1-c1ccc(Cl)cc1)c1ccc([N+](=O)[O-])cc1. The zero-order valence-corrected chi connectivity index (χ0v) is 19.9. The number of benzene rings is 3. The molecule has 1 N–H and O–H groups in total. The van der Waals surface area contributed by atoms with E-state index in [0.717, 1.165) is 11.8 Å². The summed E-state index contributed by atoms with van der Waals surface area (Å²) in [6, 6.07) is 19.6. The van der Waals surface area contributed by atoms with E-state index in [9.17, 15) is 19.7 Å². The molecule has 0 aliphatic carbocycles. The third kappa shape index (κ3) is 5.56. The smallest absolute Gasteiger partial charge is 0.269 e. The molecule has 35 heavy (non-hydrogen) atoms. The summed E-state index contributed by atoms with van der Waals surface area (Å²) in [7, 11) is 0. The first kappa shape index (κ1) is 24.1. The van der Waals surface area contributed by atoms with Gasteiger partial charge in [0.15, 0.2) is 5.16 Å². The van der Waals surface area contributed by atoms with Gasteiger partial charge >= 0.3 is 0 Å². The molecule has 1 heterocycles. The first-order valence-corrected chi connectivity index (χ1v) is 11.7. The first-order chi connectivity index (χ1) is 16.8. The standard InChI is InChI=1S/C24H18ClN5O4S/c1-15(16-6-10-19(11-7-16)30(33)34)27-28-22(31)14-35-24-26-21-5-3-2-4-20(21)23(32)29(24)18-12-8-17(25)9-13-18/h2-13H,14H2,1H3,(H,28,31)/b27-15-. The van der Waals surface area contributed by atoms with E-state index < -0.39 is 10.8 Å². The summed E-state index contributed by atoms with van der Waals surface area (Å²) in [6.45, 7) is 1.68. The number of thioether (sulfide) groups is 1. The Bertz CT molecular complexity index is 1500. The van der Waals surface area contributed by atoms with Gasteiger partial charge in [0.25, 0.3) is 17.2 Å². The minimum Gasteiger partial charge on any atom is -0.272 e. The van der Waals surface area contributed by atoms with Crippen LogP contribution in [0.25, 0.3) is 16.6 Å². The van der Waals surface area contributed by atoms with Gasteiger partial charge in [-0.3, -0.25) is 24.3 Å². The summed E-state index contributed by atoms with van der Waals surface area (Å²) in [5.74, 6) is -0.448. The number of nitrogens with zero attached hydrogens (tertiary/aromatic N) is 4. The molecule has 4 aromatic rings. The molecule has 176 valence electrons. The van der Waals surface area contributed by atoms with Crippen molar-refractivity contribution in [1.29, 1.82) is 0 Å². The predicted octanol–water partition coefficient (Wildman–Crippen LogP) is 4.58. The Morgan fingerprint density at radius 3 is 2.49 bits per heavy atom. The van der Waals surface area contributed by atoms with E-state index in [1.165, 1.54) is 16.7 Å². The summed E-state index contributed by atoms with van der Waals surface area (Å²) in [5, 5.41) is 16.2. The van der Waals surface area contributed by atoms with Crippen molar-refractivity contribution >= 4 is 51.6 Å². The Labute approximate surface area is 208 Å². The lowest BCUT2D eigenvalue weighted by Gasteiger charge is -2.13. The van der Waals surface area contributed by atoms with Crippen LogP contribution in [0.3, 0.4) is 0 Å². The lowest BCUT2D eigenvalue weighted by molar-refractivity contribution is -0.384. The molecule has 0 atom stereocenters. The fraction of sp³-hybridized carbons (Fsp3) is 0.0833. The number of nitrogens with one attached hydrogen (secondary N) is 1. The van der Waals surface area contributed by atoms with E-state index in [-0.39, 0.29) is 17.0 Å². The second-order valence-corrected chi connectivity index (χ2v) is 8.73. The molecular formula is C24H18ClN5O4S. The molecule has 9 nitrogen and oxygen atoms in total. The van der Waals surface area contributed by atoms with Crippen molar-refractivity contribution in [2.45, 2.75) is 12.1 Å². The average molecular weight is 508 g/mol. The molecule has 11 heteroatoms. The van der Waals surface area contributed by atoms with Gasteiger partial charge in [-0.2, -0.15) is 5.10 Å². The van der Waals surface area contributed by atoms with Crippen LogP contribution in [0.15, 0.2) is 87.8 Å². The molecule has 3 aromatic carbocycles. The van der Waals surface area contributed by atoms with Crippen molar-refractivity contribution < 1.29 is 9.72 Å². The number of aromatic nitrogens is 2. The topological polar surface area (TPSA) is 119 Å². The second kappa shape index (κ2) is 10.5. The van der Waals surface area contributed by atoms with E-state index in [0.29, 0.717) is 38.0 Å². The van der Waals surface area contributed by atoms with Crippen LogP contribution in [0.5, 0.6) is 0 Å². The third-order valence-corrected chi connectivity index (χ3v) is 6.20. The highest BCUT2D eigenvalue weighted by atomic mass is 35.5. The molecule has 1 amide bonds. The number of carbonyl (C=O) groups is 1. The number of non-ortho nitro benzene ring substituents is 1. The van der Waals surface area contributed by atoms with E-state index >= 15 is 0 Å². The summed E-state index contributed by atoms with van der Waals surface area (Å²) >= 11 is 7.10. The molecule has 0 fully saturated rings. The van der Waals surface area contributed by atoms with E-state index in [1.54, 1.807) is 67.6 Å². The van der Waals surface area contributed by atoms with Crippen LogP contribution in [0.4, 0.5) is 5.69 Å². The van der Waals surface area contributed by atoms with Gasteiger partial charge in [-0.05, 0) is 61.0 Å². The van der Waals surface area contributed by atoms with Crippen LogP contribution in [-0.2, 0) is 4.79 Å². The zero-order valence-electron chi connectivity index (χ0n) is 18.3. The molecule has 0 unspecified atom stereocenters. The number of nitro benzene ring substituents is 1. The van der Waals surface area contributed by atoms with Gasteiger partial charge in [0.1, 0.15) is 0 Å². The number of nitro groups is 1. The lowest BCUT2D eigenvalue weighted by Crippen LogP contribution is -2.24. The number of hydrazone groups is 1. The molecule has 4 rings (SSSR count). The summed E-state index contributed by atoms with van der Waals surface area (Å²) in [4.78, 5) is 40.6. The quantitative estimate of drug-likeness (QED) is 0.128. The predicted molar refractivity (Wildman–Crippen MR) is 137 cm³/mol. The number of amides is 1. The van der Waals surface area contributed by atoms with Crippen molar-refractivity contribution in [2.75, 3.05) is 5.75 Å². The summed E-state index contributed by atoms with van der Waals surface area (Å²) < 4.78 is 1.45. The minimum atomic E-state index is -0.486. The summed E-state index contributed by atoms with van der Waals surface area (Å²) in [6.07, 6.45) is 0. The third-order valence-electron chi connectivity index (χ3n) is 5.01. The molecule has 0 aliphatic heterocycles. The minimum absolute atomic E-state index is 0.0309. The Hall–Kier alpha value is -4.02. The van der Waals surface area contributed by atoms with Gasteiger partial charge < -0.3 is 0 Å².